The molecule has 0 radical (unpaired) electrons. The van der Waals surface area contributed by atoms with Crippen LogP contribution >= 0.6 is 11.6 Å². The van der Waals surface area contributed by atoms with Crippen LogP contribution in [0.1, 0.15) is 12.0 Å². The summed E-state index contributed by atoms with van der Waals surface area (Å²) < 4.78 is 1.84. The second kappa shape index (κ2) is 8.51. The number of nitrogens with zero attached hydrogens (tertiary/aromatic N) is 4. The molecule has 0 saturated carbocycles. The smallest absolute Gasteiger partial charge is 0.0534 e. The lowest BCUT2D eigenvalue weighted by Crippen LogP contribution is -2.47. The third-order valence-corrected chi connectivity index (χ3v) is 4.70. The molecule has 0 bridgehead atoms. The highest BCUT2D eigenvalue weighted by Gasteiger charge is 2.16. The van der Waals surface area contributed by atoms with Crippen molar-refractivity contribution in [3.8, 4) is 0 Å². The van der Waals surface area contributed by atoms with Gasteiger partial charge in [0.2, 0.25) is 0 Å². The van der Waals surface area contributed by atoms with Crippen molar-refractivity contribution in [3.63, 3.8) is 0 Å². The zero-order valence-corrected chi connectivity index (χ0v) is 15.0. The van der Waals surface area contributed by atoms with E-state index in [2.05, 4.69) is 38.5 Å². The van der Waals surface area contributed by atoms with E-state index < -0.39 is 0 Å². The first-order valence-corrected chi connectivity index (χ1v) is 8.99. The van der Waals surface area contributed by atoms with Crippen molar-refractivity contribution < 1.29 is 0 Å². The van der Waals surface area contributed by atoms with E-state index in [0.29, 0.717) is 0 Å². The summed E-state index contributed by atoms with van der Waals surface area (Å²) in [5.74, 6) is 0. The Balaban J connectivity index is 1.31. The number of anilines is 1. The minimum Gasteiger partial charge on any atom is -0.369 e. The number of nitrogens with one attached hydrogen (secondary N) is 1. The van der Waals surface area contributed by atoms with Gasteiger partial charge in [-0.15, -0.1) is 0 Å². The van der Waals surface area contributed by atoms with Crippen LogP contribution in [0.4, 0.5) is 5.69 Å². The van der Waals surface area contributed by atoms with Crippen molar-refractivity contribution >= 4 is 17.3 Å². The molecule has 6 heteroatoms. The Morgan fingerprint density at radius 1 is 1.21 bits per heavy atom. The Morgan fingerprint density at radius 3 is 2.75 bits per heavy atom. The Kier molecular flexibility index (Phi) is 6.12. The largest absolute Gasteiger partial charge is 0.369 e. The molecule has 2 aromatic rings. The van der Waals surface area contributed by atoms with Crippen LogP contribution in [0.15, 0.2) is 36.7 Å². The summed E-state index contributed by atoms with van der Waals surface area (Å²) >= 11 is 6.09. The third kappa shape index (κ3) is 4.97. The first-order chi connectivity index (χ1) is 11.7. The summed E-state index contributed by atoms with van der Waals surface area (Å²) in [5.41, 5.74) is 2.48. The minimum absolute atomic E-state index is 0.814. The molecule has 0 spiro atoms. The van der Waals surface area contributed by atoms with Gasteiger partial charge in [0, 0.05) is 62.2 Å². The van der Waals surface area contributed by atoms with Crippen molar-refractivity contribution in [1.29, 1.82) is 0 Å². The molecule has 2 heterocycles. The van der Waals surface area contributed by atoms with Gasteiger partial charge >= 0.3 is 0 Å². The maximum Gasteiger partial charge on any atom is 0.0534 e. The summed E-state index contributed by atoms with van der Waals surface area (Å²) in [7, 11) is 1.95. The van der Waals surface area contributed by atoms with E-state index in [-0.39, 0.29) is 0 Å². The van der Waals surface area contributed by atoms with Crippen molar-refractivity contribution in [2.75, 3.05) is 44.2 Å². The lowest BCUT2D eigenvalue weighted by Gasteiger charge is -2.36. The Hall–Kier alpha value is -1.56. The number of benzene rings is 1. The van der Waals surface area contributed by atoms with Gasteiger partial charge in [-0.05, 0) is 37.7 Å². The van der Waals surface area contributed by atoms with Crippen LogP contribution < -0.4 is 10.2 Å². The predicted molar refractivity (Wildman–Crippen MR) is 99.6 cm³/mol. The molecule has 0 unspecified atom stereocenters. The van der Waals surface area contributed by atoms with E-state index in [1.807, 2.05) is 30.1 Å². The zero-order valence-electron chi connectivity index (χ0n) is 14.3. The molecular weight excluding hydrogens is 322 g/mol. The highest BCUT2D eigenvalue weighted by atomic mass is 35.5. The van der Waals surface area contributed by atoms with Crippen molar-refractivity contribution in [2.45, 2.75) is 13.0 Å². The topological polar surface area (TPSA) is 36.3 Å². The molecule has 0 aliphatic carbocycles. The minimum atomic E-state index is 0.814. The number of rotatable bonds is 7. The molecule has 1 saturated heterocycles. The molecule has 0 amide bonds. The van der Waals surface area contributed by atoms with Crippen LogP contribution in [0.25, 0.3) is 0 Å². The highest BCUT2D eigenvalue weighted by molar-refractivity contribution is 6.30. The second-order valence-corrected chi connectivity index (χ2v) is 6.80. The van der Waals surface area contributed by atoms with Gasteiger partial charge in [-0.25, -0.2) is 0 Å². The van der Waals surface area contributed by atoms with Crippen LogP contribution in [0.2, 0.25) is 5.02 Å². The van der Waals surface area contributed by atoms with Crippen molar-refractivity contribution in [1.82, 2.24) is 20.0 Å². The second-order valence-electron chi connectivity index (χ2n) is 6.36. The van der Waals surface area contributed by atoms with Gasteiger partial charge in [0.1, 0.15) is 0 Å². The maximum absolute atomic E-state index is 6.09. The number of hydrogen-bond acceptors (Lipinski definition) is 4. The maximum atomic E-state index is 6.09. The third-order valence-electron chi connectivity index (χ3n) is 4.46. The standard InChI is InChI=1S/C18H26ClN5/c1-22-15-16(14-21-22)13-20-6-3-7-23-8-10-24(11-9-23)18-5-2-4-17(19)12-18/h2,4-5,12,14-15,20H,3,6-11,13H2,1H3. The van der Waals surface area contributed by atoms with E-state index in [0.717, 1.165) is 50.8 Å². The predicted octanol–water partition coefficient (Wildman–Crippen LogP) is 2.38. The number of aryl methyl sites for hydroxylation is 1. The fourth-order valence-electron chi connectivity index (χ4n) is 3.13. The first kappa shape index (κ1) is 17.3. The Labute approximate surface area is 149 Å². The summed E-state index contributed by atoms with van der Waals surface area (Å²) in [6, 6.07) is 8.15. The highest BCUT2D eigenvalue weighted by Crippen LogP contribution is 2.20. The average molecular weight is 348 g/mol. The number of aromatic nitrogens is 2. The summed E-state index contributed by atoms with van der Waals surface area (Å²) in [4.78, 5) is 4.97. The van der Waals surface area contributed by atoms with E-state index >= 15 is 0 Å². The molecule has 3 rings (SSSR count). The molecule has 1 aromatic heterocycles. The Bertz CT molecular complexity index is 634. The monoisotopic (exact) mass is 347 g/mol. The van der Waals surface area contributed by atoms with Gasteiger partial charge in [-0.3, -0.25) is 9.58 Å². The number of halogens is 1. The molecule has 5 nitrogen and oxygen atoms in total. The molecule has 0 atom stereocenters. The number of hydrogen-bond donors (Lipinski definition) is 1. The lowest BCUT2D eigenvalue weighted by molar-refractivity contribution is 0.254. The van der Waals surface area contributed by atoms with Crippen molar-refractivity contribution in [3.05, 3.63) is 47.2 Å². The normalized spacial score (nSPS) is 15.8. The molecule has 130 valence electrons. The lowest BCUT2D eigenvalue weighted by atomic mass is 10.2. The van der Waals surface area contributed by atoms with Gasteiger partial charge < -0.3 is 10.2 Å². The molecule has 1 fully saturated rings. The quantitative estimate of drug-likeness (QED) is 0.780. The van der Waals surface area contributed by atoms with Gasteiger partial charge in [0.25, 0.3) is 0 Å². The average Bonchev–Trinajstić information content (AvgIpc) is 3.00. The number of piperazine rings is 1. The van der Waals surface area contributed by atoms with Crippen LogP contribution in [-0.2, 0) is 13.6 Å². The van der Waals surface area contributed by atoms with E-state index in [1.165, 1.54) is 17.7 Å². The summed E-state index contributed by atoms with van der Waals surface area (Å²) in [5, 5.41) is 8.49. The van der Waals surface area contributed by atoms with Gasteiger partial charge in [0.15, 0.2) is 0 Å². The molecule has 1 aliphatic heterocycles. The van der Waals surface area contributed by atoms with Crippen LogP contribution in [0.3, 0.4) is 0 Å². The zero-order chi connectivity index (χ0) is 16.8. The summed E-state index contributed by atoms with van der Waals surface area (Å²) in [6.45, 7) is 7.49. The van der Waals surface area contributed by atoms with Gasteiger partial charge in [-0.2, -0.15) is 5.10 Å². The molecular formula is C18H26ClN5. The summed E-state index contributed by atoms with van der Waals surface area (Å²) in [6.07, 6.45) is 5.15. The van der Waals surface area contributed by atoms with Crippen LogP contribution in [0, 0.1) is 0 Å². The fourth-order valence-corrected chi connectivity index (χ4v) is 3.31. The molecule has 24 heavy (non-hydrogen) atoms. The molecule has 1 aliphatic rings. The SMILES string of the molecule is Cn1cc(CNCCCN2CCN(c3cccc(Cl)c3)CC2)cn1. The fraction of sp³-hybridized carbons (Fsp3) is 0.500. The molecule has 1 N–H and O–H groups in total. The first-order valence-electron chi connectivity index (χ1n) is 8.62. The van der Waals surface area contributed by atoms with Crippen molar-refractivity contribution in [2.24, 2.45) is 7.05 Å². The van der Waals surface area contributed by atoms with Gasteiger partial charge in [-0.1, -0.05) is 17.7 Å². The van der Waals surface area contributed by atoms with E-state index in [9.17, 15) is 0 Å². The molecule has 1 aromatic carbocycles. The van der Waals surface area contributed by atoms with Gasteiger partial charge in [0.05, 0.1) is 6.20 Å². The van der Waals surface area contributed by atoms with E-state index in [1.54, 1.807) is 0 Å². The van der Waals surface area contributed by atoms with Crippen LogP contribution in [0.5, 0.6) is 0 Å². The van der Waals surface area contributed by atoms with E-state index in [4.69, 9.17) is 11.6 Å². The van der Waals surface area contributed by atoms with Crippen LogP contribution in [-0.4, -0.2) is 53.9 Å². The Morgan fingerprint density at radius 2 is 2.04 bits per heavy atom.